The van der Waals surface area contributed by atoms with Gasteiger partial charge in [0.25, 0.3) is 0 Å². The second kappa shape index (κ2) is 17.1. The van der Waals surface area contributed by atoms with Crippen molar-refractivity contribution in [1.29, 1.82) is 0 Å². The number of nitrogens with two attached hydrogens (primary N) is 2. The predicted octanol–water partition coefficient (Wildman–Crippen LogP) is -6.03. The minimum Gasteiger partial charge on any atom is -0.463 e. The Balaban J connectivity index is 1.38. The number of aliphatic hydroxyl groups excluding tert-OH is 6. The highest BCUT2D eigenvalue weighted by molar-refractivity contribution is 5.68. The van der Waals surface area contributed by atoms with Crippen molar-refractivity contribution in [3.8, 4) is 0 Å². The van der Waals surface area contributed by atoms with Gasteiger partial charge in [-0.3, -0.25) is 14.4 Å². The first kappa shape index (κ1) is 40.9. The third-order valence-corrected chi connectivity index (χ3v) is 9.37. The monoisotopic (exact) mass is 756 g/mol. The smallest absolute Gasteiger partial charge is 0.303 e. The molecule has 0 aliphatic carbocycles. The fraction of sp³-hybridized carbons (Fsp3) is 0.900. The standard InChI is InChI=1S/C30H48N2O20/c1-8-17(37)19(39)20(40)29(44-8)51-25-15(31)27-43-7-14(48-27)23(25)50-30-21(41)26(18(38)12(5-33)47-30)52-28-16(32)24(46-11(4)36)22(45-10(3)35)13(49-28)6-42-9(2)34/h8,12-30,33,37-41H,5-7,31-32H2,1-4H3/t8-,12+,13+,14+,15+,16+,17+,18-,19+,20-,21+,22-,23+,24+,25+,26-,27+,28+,29-,30-/m0/s1. The van der Waals surface area contributed by atoms with E-state index in [9.17, 15) is 45.0 Å². The Morgan fingerprint density at radius 1 is 0.635 bits per heavy atom. The van der Waals surface area contributed by atoms with Gasteiger partial charge in [-0.25, -0.2) is 0 Å². The molecule has 0 radical (unpaired) electrons. The number of hydrogen-bond acceptors (Lipinski definition) is 22. The lowest BCUT2D eigenvalue weighted by Gasteiger charge is -2.49. The Hall–Kier alpha value is -2.23. The lowest BCUT2D eigenvalue weighted by molar-refractivity contribution is -0.371. The Labute approximate surface area is 296 Å². The van der Waals surface area contributed by atoms with Gasteiger partial charge in [-0.2, -0.15) is 0 Å². The Kier molecular flexibility index (Phi) is 13.4. The highest BCUT2D eigenvalue weighted by Crippen LogP contribution is 2.37. The number of carbonyl (C=O) groups is 3. The molecule has 0 aromatic rings. The summed E-state index contributed by atoms with van der Waals surface area (Å²) in [6.07, 6.45) is -25.8. The molecule has 0 unspecified atom stereocenters. The highest BCUT2D eigenvalue weighted by Gasteiger charge is 2.57. The molecule has 5 rings (SSSR count). The lowest BCUT2D eigenvalue weighted by atomic mass is 9.95. The van der Waals surface area contributed by atoms with Crippen LogP contribution in [0.3, 0.4) is 0 Å². The Morgan fingerprint density at radius 2 is 1.23 bits per heavy atom. The molecule has 0 amide bonds. The van der Waals surface area contributed by atoms with Crippen LogP contribution in [0.1, 0.15) is 27.7 Å². The molecular weight excluding hydrogens is 708 g/mol. The molecule has 5 heterocycles. The number of aliphatic hydroxyl groups is 6. The number of fused-ring (bicyclic) bond motifs is 2. The van der Waals surface area contributed by atoms with E-state index in [1.807, 2.05) is 0 Å². The van der Waals surface area contributed by atoms with Crippen LogP contribution in [0.2, 0.25) is 0 Å². The van der Waals surface area contributed by atoms with Crippen molar-refractivity contribution in [3.05, 3.63) is 0 Å². The van der Waals surface area contributed by atoms with Gasteiger partial charge in [0.1, 0.15) is 73.8 Å². The number of esters is 3. The molecular formula is C30H48N2O20. The SMILES string of the molecule is CC(=O)OC[C@H]1O[C@H](O[C@H]2[C@@H](O)[C@@H](CO)O[C@@H](O[C@H]3[C@H](O[C@@H]4O[C@@H](C)[C@@H](O)[C@@H](O)[C@@H]4O)[C@@H](N)[C@@H]4OC[C@H]3O4)[C@@H]2O)[C@H](N)[C@@H](OC(C)=O)[C@H]1OC(C)=O. The summed E-state index contributed by atoms with van der Waals surface area (Å²) in [6, 6.07) is -2.51. The molecule has 5 fully saturated rings. The van der Waals surface area contributed by atoms with E-state index in [2.05, 4.69) is 0 Å². The number of rotatable bonds is 11. The lowest BCUT2D eigenvalue weighted by Crippen LogP contribution is -2.68. The van der Waals surface area contributed by atoms with Crippen molar-refractivity contribution >= 4 is 17.9 Å². The molecule has 0 saturated carbocycles. The maximum absolute atomic E-state index is 12.1. The molecule has 0 aromatic carbocycles. The quantitative estimate of drug-likeness (QED) is 0.0718. The van der Waals surface area contributed by atoms with Crippen LogP contribution in [0.15, 0.2) is 0 Å². The Morgan fingerprint density at radius 3 is 1.87 bits per heavy atom. The summed E-state index contributed by atoms with van der Waals surface area (Å²) in [5, 5.41) is 63.9. The maximum Gasteiger partial charge on any atom is 0.303 e. The summed E-state index contributed by atoms with van der Waals surface area (Å²) in [4.78, 5) is 35.7. The van der Waals surface area contributed by atoms with Crippen LogP contribution in [-0.2, 0) is 66.5 Å². The molecule has 5 aliphatic heterocycles. The van der Waals surface area contributed by atoms with Gasteiger partial charge in [0.15, 0.2) is 37.4 Å². The van der Waals surface area contributed by atoms with E-state index >= 15 is 0 Å². The molecule has 5 aliphatic rings. The second-order valence-corrected chi connectivity index (χ2v) is 13.2. The molecule has 0 aromatic heterocycles. The first-order chi connectivity index (χ1) is 24.5. The number of ether oxygens (including phenoxy) is 11. The Bertz CT molecular complexity index is 1250. The van der Waals surface area contributed by atoms with E-state index in [0.29, 0.717) is 0 Å². The van der Waals surface area contributed by atoms with Crippen molar-refractivity contribution in [1.82, 2.24) is 0 Å². The van der Waals surface area contributed by atoms with Gasteiger partial charge in [-0.05, 0) is 6.92 Å². The summed E-state index contributed by atoms with van der Waals surface area (Å²) in [7, 11) is 0. The third-order valence-electron chi connectivity index (χ3n) is 9.37. The van der Waals surface area contributed by atoms with Gasteiger partial charge in [0.05, 0.1) is 31.4 Å². The van der Waals surface area contributed by atoms with E-state index in [1.165, 1.54) is 6.92 Å². The van der Waals surface area contributed by atoms with E-state index in [-0.39, 0.29) is 6.61 Å². The van der Waals surface area contributed by atoms with Gasteiger partial charge < -0.3 is 94.2 Å². The topological polar surface area (TPSA) is 326 Å². The second-order valence-electron chi connectivity index (χ2n) is 13.2. The average Bonchev–Trinajstić information content (AvgIpc) is 3.54. The first-order valence-electron chi connectivity index (χ1n) is 16.7. The predicted molar refractivity (Wildman–Crippen MR) is 162 cm³/mol. The van der Waals surface area contributed by atoms with E-state index in [1.54, 1.807) is 0 Å². The van der Waals surface area contributed by atoms with Gasteiger partial charge in [0.2, 0.25) is 0 Å². The first-order valence-corrected chi connectivity index (χ1v) is 16.7. The van der Waals surface area contributed by atoms with Crippen LogP contribution in [0.25, 0.3) is 0 Å². The van der Waals surface area contributed by atoms with Crippen molar-refractivity contribution in [2.75, 3.05) is 19.8 Å². The maximum atomic E-state index is 12.1. The highest BCUT2D eigenvalue weighted by atomic mass is 16.8. The van der Waals surface area contributed by atoms with Crippen LogP contribution < -0.4 is 11.5 Å². The summed E-state index contributed by atoms with van der Waals surface area (Å²) in [5.74, 6) is -2.34. The number of hydrogen-bond donors (Lipinski definition) is 8. The fourth-order valence-corrected chi connectivity index (χ4v) is 6.70. The largest absolute Gasteiger partial charge is 0.463 e. The average molecular weight is 757 g/mol. The van der Waals surface area contributed by atoms with Gasteiger partial charge in [-0.15, -0.1) is 0 Å². The van der Waals surface area contributed by atoms with E-state index < -0.39 is 154 Å². The van der Waals surface area contributed by atoms with Crippen LogP contribution in [0.5, 0.6) is 0 Å². The van der Waals surface area contributed by atoms with E-state index in [0.717, 1.165) is 20.8 Å². The number of carbonyl (C=O) groups excluding carboxylic acids is 3. The van der Waals surface area contributed by atoms with Gasteiger partial charge in [0, 0.05) is 20.8 Å². The summed E-state index contributed by atoms with van der Waals surface area (Å²) >= 11 is 0. The molecule has 22 heteroatoms. The van der Waals surface area contributed by atoms with Crippen LogP contribution >= 0.6 is 0 Å². The molecule has 298 valence electrons. The molecule has 22 nitrogen and oxygen atoms in total. The van der Waals surface area contributed by atoms with Crippen LogP contribution in [0.4, 0.5) is 0 Å². The van der Waals surface area contributed by atoms with Crippen molar-refractivity contribution in [2.45, 2.75) is 150 Å². The molecule has 10 N–H and O–H groups in total. The normalized spacial score (nSPS) is 47.8. The molecule has 20 atom stereocenters. The zero-order valence-corrected chi connectivity index (χ0v) is 28.7. The van der Waals surface area contributed by atoms with Crippen molar-refractivity contribution < 1.29 is 97.1 Å². The van der Waals surface area contributed by atoms with Gasteiger partial charge in [-0.1, -0.05) is 0 Å². The van der Waals surface area contributed by atoms with Crippen molar-refractivity contribution in [3.63, 3.8) is 0 Å². The molecule has 0 spiro atoms. The third kappa shape index (κ3) is 8.67. The zero-order chi connectivity index (χ0) is 38.2. The summed E-state index contributed by atoms with van der Waals surface area (Å²) in [5.41, 5.74) is 12.8. The zero-order valence-electron chi connectivity index (χ0n) is 28.7. The minimum atomic E-state index is -1.88. The summed E-state index contributed by atoms with van der Waals surface area (Å²) < 4.78 is 62.6. The molecule has 5 saturated heterocycles. The molecule has 52 heavy (non-hydrogen) atoms. The van der Waals surface area contributed by atoms with Crippen LogP contribution in [0, 0.1) is 0 Å². The minimum absolute atomic E-state index is 0.0565. The fourth-order valence-electron chi connectivity index (χ4n) is 6.70. The van der Waals surface area contributed by atoms with Gasteiger partial charge >= 0.3 is 17.9 Å². The summed E-state index contributed by atoms with van der Waals surface area (Å²) in [6.45, 7) is 3.36. The van der Waals surface area contributed by atoms with E-state index in [4.69, 9.17) is 63.6 Å². The van der Waals surface area contributed by atoms with Crippen molar-refractivity contribution in [2.24, 2.45) is 11.5 Å². The molecule has 2 bridgehead atoms. The van der Waals surface area contributed by atoms with Crippen LogP contribution in [-0.4, -0.2) is 191 Å².